The first-order valence-electron chi connectivity index (χ1n) is 13.0. The van der Waals surface area contributed by atoms with Crippen LogP contribution in [0.3, 0.4) is 0 Å². The Balaban J connectivity index is 1.64. The van der Waals surface area contributed by atoms with Crippen LogP contribution >= 0.6 is 0 Å². The van der Waals surface area contributed by atoms with Crippen molar-refractivity contribution in [2.75, 3.05) is 0 Å². The standard InChI is InChI=1S/C27H42F3NO/c1-16(2)7-6-8-17(3)18-9-10-19-24-20(11-13-25(18,19)4)26(5)14-12-23(32)31-22(26)15-21(24)27(28,29)30/h15-21,24H,6-14H2,1-5H3,(H,31,32)/t17-,18-,19+,20+,21+,24+,25-,26-/m1/s1. The van der Waals surface area contributed by atoms with E-state index < -0.39 is 12.1 Å². The Morgan fingerprint density at radius 2 is 1.78 bits per heavy atom. The summed E-state index contributed by atoms with van der Waals surface area (Å²) in [5.74, 6) is 0.00371. The van der Waals surface area contributed by atoms with Crippen LogP contribution in [0.15, 0.2) is 11.8 Å². The molecule has 1 N–H and O–H groups in total. The Bertz CT molecular complexity index is 758. The van der Waals surface area contributed by atoms with Gasteiger partial charge in [-0.2, -0.15) is 13.2 Å². The normalized spacial score (nSPS) is 42.6. The zero-order chi connectivity index (χ0) is 23.5. The smallest absolute Gasteiger partial charge is 0.330 e. The summed E-state index contributed by atoms with van der Waals surface area (Å²) in [6.45, 7) is 11.3. The van der Waals surface area contributed by atoms with Crippen molar-refractivity contribution in [2.24, 2.45) is 52.3 Å². The number of halogens is 3. The number of amides is 1. The van der Waals surface area contributed by atoms with Crippen molar-refractivity contribution in [3.63, 3.8) is 0 Å². The molecule has 1 heterocycles. The molecule has 5 heteroatoms. The van der Waals surface area contributed by atoms with Crippen LogP contribution in [0.2, 0.25) is 0 Å². The molecule has 32 heavy (non-hydrogen) atoms. The summed E-state index contributed by atoms with van der Waals surface area (Å²) in [4.78, 5) is 12.0. The monoisotopic (exact) mass is 453 g/mol. The Morgan fingerprint density at radius 3 is 2.44 bits per heavy atom. The minimum Gasteiger partial charge on any atom is -0.330 e. The third-order valence-corrected chi connectivity index (χ3v) is 10.3. The van der Waals surface area contributed by atoms with Gasteiger partial charge in [-0.1, -0.05) is 60.0 Å². The largest absolute Gasteiger partial charge is 0.395 e. The predicted octanol–water partition coefficient (Wildman–Crippen LogP) is 7.50. The summed E-state index contributed by atoms with van der Waals surface area (Å²) < 4.78 is 43.2. The Kier molecular flexibility index (Phi) is 6.29. The van der Waals surface area contributed by atoms with E-state index in [1.165, 1.54) is 25.3 Å². The molecule has 0 spiro atoms. The molecule has 4 rings (SSSR count). The van der Waals surface area contributed by atoms with E-state index >= 15 is 0 Å². The molecule has 1 saturated heterocycles. The Labute approximate surface area is 192 Å². The first-order valence-corrected chi connectivity index (χ1v) is 13.0. The van der Waals surface area contributed by atoms with Gasteiger partial charge in [-0.3, -0.25) is 4.79 Å². The van der Waals surface area contributed by atoms with Crippen molar-refractivity contribution in [1.82, 2.24) is 5.32 Å². The van der Waals surface area contributed by atoms with Gasteiger partial charge in [-0.05, 0) is 73.0 Å². The maximum absolute atomic E-state index is 14.4. The lowest BCUT2D eigenvalue weighted by atomic mass is 9.46. The fraction of sp³-hybridized carbons (Fsp3) is 0.889. The van der Waals surface area contributed by atoms with Crippen LogP contribution in [0.1, 0.15) is 92.4 Å². The molecule has 0 aromatic heterocycles. The van der Waals surface area contributed by atoms with Gasteiger partial charge in [0.25, 0.3) is 0 Å². The molecule has 4 aliphatic rings. The van der Waals surface area contributed by atoms with E-state index in [4.69, 9.17) is 0 Å². The SMILES string of the molecule is CC(C)CCC[C@@H](C)[C@H]1CC[C@H]2[C@@H]3[C@@H](C(F)(F)F)C=C4NC(=O)CC[C@]4(C)[C@H]3CC[C@]12C. The molecule has 3 fully saturated rings. The van der Waals surface area contributed by atoms with Crippen LogP contribution in [0.25, 0.3) is 0 Å². The summed E-state index contributed by atoms with van der Waals surface area (Å²) in [5.41, 5.74) is 0.224. The number of nitrogens with one attached hydrogen (secondary N) is 1. The van der Waals surface area contributed by atoms with Gasteiger partial charge in [0.2, 0.25) is 5.91 Å². The van der Waals surface area contributed by atoms with Crippen LogP contribution in [0.5, 0.6) is 0 Å². The average molecular weight is 454 g/mol. The number of alkyl halides is 3. The fourth-order valence-electron chi connectivity index (χ4n) is 8.55. The highest BCUT2D eigenvalue weighted by Gasteiger charge is 2.64. The number of carbonyl (C=O) groups is 1. The number of rotatable bonds is 5. The van der Waals surface area contributed by atoms with Gasteiger partial charge >= 0.3 is 6.18 Å². The topological polar surface area (TPSA) is 29.1 Å². The average Bonchev–Trinajstić information content (AvgIpc) is 3.04. The minimum atomic E-state index is -4.27. The van der Waals surface area contributed by atoms with Crippen molar-refractivity contribution in [1.29, 1.82) is 0 Å². The number of piperidine rings is 1. The van der Waals surface area contributed by atoms with E-state index in [1.807, 2.05) is 0 Å². The summed E-state index contributed by atoms with van der Waals surface area (Å²) in [5, 5.41) is 2.84. The molecule has 0 unspecified atom stereocenters. The predicted molar refractivity (Wildman–Crippen MR) is 121 cm³/mol. The lowest BCUT2D eigenvalue weighted by Gasteiger charge is -2.59. The van der Waals surface area contributed by atoms with Crippen LogP contribution < -0.4 is 5.32 Å². The second kappa shape index (κ2) is 8.34. The van der Waals surface area contributed by atoms with Gasteiger partial charge in [0.05, 0.1) is 5.92 Å². The maximum Gasteiger partial charge on any atom is 0.395 e. The van der Waals surface area contributed by atoms with Gasteiger partial charge in [0, 0.05) is 17.5 Å². The van der Waals surface area contributed by atoms with Crippen molar-refractivity contribution in [3.8, 4) is 0 Å². The highest BCUT2D eigenvalue weighted by molar-refractivity contribution is 5.79. The number of fused-ring (bicyclic) bond motifs is 5. The van der Waals surface area contributed by atoms with Gasteiger partial charge in [-0.15, -0.1) is 0 Å². The number of carbonyl (C=O) groups excluding carboxylic acids is 1. The zero-order valence-electron chi connectivity index (χ0n) is 20.5. The highest BCUT2D eigenvalue weighted by Crippen LogP contribution is 2.68. The van der Waals surface area contributed by atoms with Gasteiger partial charge in [0.15, 0.2) is 0 Å². The molecule has 0 aromatic rings. The van der Waals surface area contributed by atoms with Crippen LogP contribution in [0, 0.1) is 52.3 Å². The second-order valence-electron chi connectivity index (χ2n) is 12.4. The van der Waals surface area contributed by atoms with E-state index in [-0.39, 0.29) is 34.5 Å². The van der Waals surface area contributed by atoms with E-state index in [9.17, 15) is 18.0 Å². The van der Waals surface area contributed by atoms with Crippen LogP contribution in [0.4, 0.5) is 13.2 Å². The van der Waals surface area contributed by atoms with Crippen molar-refractivity contribution in [3.05, 3.63) is 11.8 Å². The molecule has 0 radical (unpaired) electrons. The van der Waals surface area contributed by atoms with Crippen molar-refractivity contribution in [2.45, 2.75) is 98.6 Å². The van der Waals surface area contributed by atoms with E-state index in [2.05, 4.69) is 39.9 Å². The van der Waals surface area contributed by atoms with E-state index in [1.54, 1.807) is 0 Å². The molecular weight excluding hydrogens is 411 g/mol. The summed E-state index contributed by atoms with van der Waals surface area (Å²) in [7, 11) is 0. The van der Waals surface area contributed by atoms with Crippen molar-refractivity contribution >= 4 is 5.91 Å². The maximum atomic E-state index is 14.4. The molecule has 0 aromatic carbocycles. The van der Waals surface area contributed by atoms with Crippen LogP contribution in [-0.4, -0.2) is 12.1 Å². The van der Waals surface area contributed by atoms with E-state index in [0.717, 1.165) is 25.7 Å². The number of hydrogen-bond acceptors (Lipinski definition) is 1. The quantitative estimate of drug-likeness (QED) is 0.459. The molecule has 0 bridgehead atoms. The molecule has 8 atom stereocenters. The first kappa shape index (κ1) is 24.1. The summed E-state index contributed by atoms with van der Waals surface area (Å²) in [6.07, 6.45) is 5.77. The molecule has 3 aliphatic carbocycles. The van der Waals surface area contributed by atoms with Gasteiger partial charge in [0.1, 0.15) is 0 Å². The fourth-order valence-corrected chi connectivity index (χ4v) is 8.55. The molecular formula is C27H42F3NO. The third-order valence-electron chi connectivity index (χ3n) is 10.3. The molecule has 1 aliphatic heterocycles. The molecule has 182 valence electrons. The molecule has 2 nitrogen and oxygen atoms in total. The molecule has 1 amide bonds. The van der Waals surface area contributed by atoms with Crippen LogP contribution in [-0.2, 0) is 4.79 Å². The third kappa shape index (κ3) is 3.94. The second-order valence-corrected chi connectivity index (χ2v) is 12.4. The van der Waals surface area contributed by atoms with Gasteiger partial charge < -0.3 is 5.32 Å². The lowest BCUT2D eigenvalue weighted by molar-refractivity contribution is -0.209. The first-order chi connectivity index (χ1) is 14.9. The van der Waals surface area contributed by atoms with Gasteiger partial charge in [-0.25, -0.2) is 0 Å². The van der Waals surface area contributed by atoms with Crippen molar-refractivity contribution < 1.29 is 18.0 Å². The Hall–Kier alpha value is -1.00. The lowest BCUT2D eigenvalue weighted by Crippen LogP contribution is -2.57. The number of hydrogen-bond donors (Lipinski definition) is 1. The number of allylic oxidation sites excluding steroid dienone is 2. The molecule has 2 saturated carbocycles. The summed E-state index contributed by atoms with van der Waals surface area (Å²) in [6, 6.07) is 0. The zero-order valence-corrected chi connectivity index (χ0v) is 20.5. The van der Waals surface area contributed by atoms with E-state index in [0.29, 0.717) is 36.3 Å². The summed E-state index contributed by atoms with van der Waals surface area (Å²) >= 11 is 0. The minimum absolute atomic E-state index is 0.00152. The highest BCUT2D eigenvalue weighted by atomic mass is 19.4. The Morgan fingerprint density at radius 1 is 1.06 bits per heavy atom.